The van der Waals surface area contributed by atoms with E-state index >= 15 is 0 Å². The molecule has 0 radical (unpaired) electrons. The summed E-state index contributed by atoms with van der Waals surface area (Å²) in [5, 5.41) is 13.0. The second-order valence-electron chi connectivity index (χ2n) is 4.26. The predicted octanol–water partition coefficient (Wildman–Crippen LogP) is 2.95. The molecule has 0 unspecified atom stereocenters. The second kappa shape index (κ2) is 4.73. The number of hydrogen-bond acceptors (Lipinski definition) is 5. The lowest BCUT2D eigenvalue weighted by Gasteiger charge is -1.98. The third kappa shape index (κ3) is 2.11. The van der Waals surface area contributed by atoms with E-state index < -0.39 is 5.82 Å². The number of aromatic nitrogens is 3. The van der Waals surface area contributed by atoms with Crippen molar-refractivity contribution in [3.8, 4) is 28.7 Å². The summed E-state index contributed by atoms with van der Waals surface area (Å²) < 4.78 is 18.8. The van der Waals surface area contributed by atoms with Crippen molar-refractivity contribution >= 4 is 0 Å². The molecule has 3 aromatic rings. The molecule has 0 spiro atoms. The predicted molar refractivity (Wildman–Crippen MR) is 69.3 cm³/mol. The van der Waals surface area contributed by atoms with E-state index in [1.54, 1.807) is 12.3 Å². The lowest BCUT2D eigenvalue weighted by atomic mass is 10.2. The number of nitrogens with zero attached hydrogens (tertiary/aromatic N) is 3. The SMILES string of the molecule is Cc1cccnc1-c1noc(-c2ccc(O)cc2F)n1. The first-order chi connectivity index (χ1) is 9.65. The molecule has 0 atom stereocenters. The van der Waals surface area contributed by atoms with Gasteiger partial charge < -0.3 is 9.63 Å². The van der Waals surface area contributed by atoms with Crippen LogP contribution < -0.4 is 0 Å². The zero-order chi connectivity index (χ0) is 14.1. The summed E-state index contributed by atoms with van der Waals surface area (Å²) >= 11 is 0. The maximum atomic E-state index is 13.7. The number of phenols is 1. The highest BCUT2D eigenvalue weighted by Crippen LogP contribution is 2.26. The van der Waals surface area contributed by atoms with Gasteiger partial charge in [-0.05, 0) is 30.7 Å². The summed E-state index contributed by atoms with van der Waals surface area (Å²) in [4.78, 5) is 8.31. The van der Waals surface area contributed by atoms with Crippen LogP contribution >= 0.6 is 0 Å². The van der Waals surface area contributed by atoms with Gasteiger partial charge in [0.1, 0.15) is 17.3 Å². The van der Waals surface area contributed by atoms with Crippen molar-refractivity contribution in [3.05, 3.63) is 47.9 Å². The number of hydrogen-bond donors (Lipinski definition) is 1. The molecule has 0 aliphatic carbocycles. The van der Waals surface area contributed by atoms with E-state index in [-0.39, 0.29) is 17.2 Å². The molecule has 1 aromatic carbocycles. The summed E-state index contributed by atoms with van der Waals surface area (Å²) in [5.74, 6) is -0.447. The van der Waals surface area contributed by atoms with E-state index in [0.717, 1.165) is 11.6 Å². The van der Waals surface area contributed by atoms with Crippen LogP contribution in [-0.4, -0.2) is 20.2 Å². The van der Waals surface area contributed by atoms with Crippen LogP contribution in [0.4, 0.5) is 4.39 Å². The molecule has 0 bridgehead atoms. The Morgan fingerprint density at radius 3 is 2.85 bits per heavy atom. The van der Waals surface area contributed by atoms with Gasteiger partial charge in [-0.1, -0.05) is 11.2 Å². The summed E-state index contributed by atoms with van der Waals surface area (Å²) in [6, 6.07) is 7.41. The van der Waals surface area contributed by atoms with Gasteiger partial charge in [0.15, 0.2) is 0 Å². The largest absolute Gasteiger partial charge is 0.508 e. The van der Waals surface area contributed by atoms with Crippen molar-refractivity contribution in [2.75, 3.05) is 0 Å². The van der Waals surface area contributed by atoms with Crippen molar-refractivity contribution in [2.24, 2.45) is 0 Å². The number of aromatic hydroxyl groups is 1. The first-order valence-electron chi connectivity index (χ1n) is 5.90. The third-order valence-electron chi connectivity index (χ3n) is 2.83. The Hall–Kier alpha value is -2.76. The highest BCUT2D eigenvalue weighted by Gasteiger charge is 2.16. The zero-order valence-electron chi connectivity index (χ0n) is 10.5. The van der Waals surface area contributed by atoms with E-state index in [4.69, 9.17) is 4.52 Å². The van der Waals surface area contributed by atoms with Crippen molar-refractivity contribution in [1.82, 2.24) is 15.1 Å². The fourth-order valence-corrected chi connectivity index (χ4v) is 1.83. The van der Waals surface area contributed by atoms with Crippen molar-refractivity contribution < 1.29 is 14.0 Å². The number of aryl methyl sites for hydroxylation is 1. The maximum absolute atomic E-state index is 13.7. The van der Waals surface area contributed by atoms with Crippen LogP contribution in [-0.2, 0) is 0 Å². The minimum absolute atomic E-state index is 0.0440. The number of rotatable bonds is 2. The molecule has 20 heavy (non-hydrogen) atoms. The molecule has 2 heterocycles. The molecule has 100 valence electrons. The smallest absolute Gasteiger partial charge is 0.261 e. The van der Waals surface area contributed by atoms with Crippen LogP contribution in [0.5, 0.6) is 5.75 Å². The Morgan fingerprint density at radius 2 is 2.10 bits per heavy atom. The number of pyridine rings is 1. The van der Waals surface area contributed by atoms with Crippen molar-refractivity contribution in [1.29, 1.82) is 0 Å². The van der Waals surface area contributed by atoms with E-state index in [9.17, 15) is 9.50 Å². The molecule has 0 saturated carbocycles. The van der Waals surface area contributed by atoms with Crippen molar-refractivity contribution in [3.63, 3.8) is 0 Å². The van der Waals surface area contributed by atoms with Crippen molar-refractivity contribution in [2.45, 2.75) is 6.92 Å². The molecule has 6 heteroatoms. The van der Waals surface area contributed by atoms with Crippen LogP contribution in [0.15, 0.2) is 41.1 Å². The summed E-state index contributed by atoms with van der Waals surface area (Å²) in [7, 11) is 0. The minimum atomic E-state index is -0.627. The average molecular weight is 271 g/mol. The number of benzene rings is 1. The number of halogens is 1. The molecule has 2 aromatic heterocycles. The van der Waals surface area contributed by atoms with Gasteiger partial charge >= 0.3 is 0 Å². The Morgan fingerprint density at radius 1 is 1.25 bits per heavy atom. The fourth-order valence-electron chi connectivity index (χ4n) is 1.83. The van der Waals surface area contributed by atoms with Crippen LogP contribution in [0.3, 0.4) is 0 Å². The first kappa shape index (κ1) is 12.3. The van der Waals surface area contributed by atoms with Gasteiger partial charge in [0.2, 0.25) is 5.82 Å². The molecule has 0 saturated heterocycles. The van der Waals surface area contributed by atoms with Gasteiger partial charge in [-0.25, -0.2) is 4.39 Å². The third-order valence-corrected chi connectivity index (χ3v) is 2.83. The molecular weight excluding hydrogens is 261 g/mol. The van der Waals surface area contributed by atoms with Gasteiger partial charge in [0.25, 0.3) is 5.89 Å². The molecule has 3 rings (SSSR count). The first-order valence-corrected chi connectivity index (χ1v) is 5.90. The molecule has 0 aliphatic rings. The van der Waals surface area contributed by atoms with E-state index in [1.807, 2.05) is 13.0 Å². The molecule has 1 N–H and O–H groups in total. The normalized spacial score (nSPS) is 10.7. The van der Waals surface area contributed by atoms with Crippen LogP contribution in [0.1, 0.15) is 5.56 Å². The van der Waals surface area contributed by atoms with E-state index in [2.05, 4.69) is 15.1 Å². The van der Waals surface area contributed by atoms with Crippen LogP contribution in [0.25, 0.3) is 23.0 Å². The van der Waals surface area contributed by atoms with Crippen LogP contribution in [0.2, 0.25) is 0 Å². The van der Waals surface area contributed by atoms with Gasteiger partial charge in [0.05, 0.1) is 5.56 Å². The summed E-state index contributed by atoms with van der Waals surface area (Å²) in [6.07, 6.45) is 1.62. The lowest BCUT2D eigenvalue weighted by Crippen LogP contribution is -1.89. The monoisotopic (exact) mass is 271 g/mol. The minimum Gasteiger partial charge on any atom is -0.508 e. The zero-order valence-corrected chi connectivity index (χ0v) is 10.5. The van der Waals surface area contributed by atoms with Gasteiger partial charge in [-0.3, -0.25) is 4.98 Å². The van der Waals surface area contributed by atoms with Crippen LogP contribution in [0, 0.1) is 12.7 Å². The Balaban J connectivity index is 2.04. The van der Waals surface area contributed by atoms with E-state index in [0.29, 0.717) is 11.5 Å². The molecule has 0 fully saturated rings. The maximum Gasteiger partial charge on any atom is 0.261 e. The highest BCUT2D eigenvalue weighted by molar-refractivity contribution is 5.60. The molecule has 0 aliphatic heterocycles. The Bertz CT molecular complexity index is 771. The lowest BCUT2D eigenvalue weighted by molar-refractivity contribution is 0.428. The molecule has 0 amide bonds. The second-order valence-corrected chi connectivity index (χ2v) is 4.26. The molecule has 5 nitrogen and oxygen atoms in total. The van der Waals surface area contributed by atoms with Gasteiger partial charge in [0, 0.05) is 12.3 Å². The molecular formula is C14H10FN3O2. The van der Waals surface area contributed by atoms with Gasteiger partial charge in [-0.2, -0.15) is 4.98 Å². The standard InChI is InChI=1S/C14H10FN3O2/c1-8-3-2-6-16-12(8)13-17-14(20-18-13)10-5-4-9(19)7-11(10)15/h2-7,19H,1H3. The topological polar surface area (TPSA) is 72.0 Å². The quantitative estimate of drug-likeness (QED) is 0.775. The summed E-state index contributed by atoms with van der Waals surface area (Å²) in [5.41, 5.74) is 1.61. The number of phenolic OH excluding ortho intramolecular Hbond substituents is 1. The Kier molecular flexibility index (Phi) is 2.90. The highest BCUT2D eigenvalue weighted by atomic mass is 19.1. The van der Waals surface area contributed by atoms with E-state index in [1.165, 1.54) is 12.1 Å². The van der Waals surface area contributed by atoms with Gasteiger partial charge in [-0.15, -0.1) is 0 Å². The fraction of sp³-hybridized carbons (Fsp3) is 0.0714. The Labute approximate surface area is 113 Å². The summed E-state index contributed by atoms with van der Waals surface area (Å²) in [6.45, 7) is 1.87. The average Bonchev–Trinajstić information content (AvgIpc) is 2.88.